The quantitative estimate of drug-likeness (QED) is 0.344. The summed E-state index contributed by atoms with van der Waals surface area (Å²) in [4.78, 5) is 18.3. The minimum absolute atomic E-state index is 0. The molecule has 0 bridgehead atoms. The summed E-state index contributed by atoms with van der Waals surface area (Å²) in [5.41, 5.74) is 0. The van der Waals surface area contributed by atoms with Gasteiger partial charge in [-0.3, -0.25) is 0 Å². The SMILES string of the molecule is CC(=O)[C-]1CN(C)CCNCCN(C)CCN1C.[Cl-].[Cl-].[Cl-].[Ti+4]. The number of nitrogens with zero attached hydrogens (tertiary/aromatic N) is 3. The minimum atomic E-state index is 0. The molecule has 0 aliphatic carbocycles. The minimum Gasteiger partial charge on any atom is -1.00 e. The molecule has 1 saturated heterocycles. The van der Waals surface area contributed by atoms with Crippen LogP contribution >= 0.6 is 0 Å². The van der Waals surface area contributed by atoms with Crippen molar-refractivity contribution in [3.8, 4) is 0 Å². The monoisotopic (exact) mass is 408 g/mol. The van der Waals surface area contributed by atoms with Gasteiger partial charge in [0, 0.05) is 38.5 Å². The molecule has 0 aromatic rings. The van der Waals surface area contributed by atoms with E-state index in [0.717, 1.165) is 51.9 Å². The first kappa shape index (κ1) is 30.8. The average Bonchev–Trinajstić information content (AvgIpc) is 2.30. The van der Waals surface area contributed by atoms with E-state index in [1.165, 1.54) is 0 Å². The predicted molar refractivity (Wildman–Crippen MR) is 74.4 cm³/mol. The Hall–Kier alpha value is 0.964. The molecule has 0 amide bonds. The van der Waals surface area contributed by atoms with Crippen LogP contribution in [0.1, 0.15) is 6.92 Å². The molecular weight excluding hydrogens is 382 g/mol. The van der Waals surface area contributed by atoms with Crippen molar-refractivity contribution in [1.29, 1.82) is 0 Å². The first-order valence-corrected chi connectivity index (χ1v) is 6.66. The number of halogens is 3. The van der Waals surface area contributed by atoms with Crippen molar-refractivity contribution in [3.05, 3.63) is 6.04 Å². The van der Waals surface area contributed by atoms with E-state index in [2.05, 4.69) is 34.1 Å². The van der Waals surface area contributed by atoms with Crippen LogP contribution < -0.4 is 42.5 Å². The first-order valence-electron chi connectivity index (χ1n) is 6.66. The van der Waals surface area contributed by atoms with Crippen molar-refractivity contribution < 1.29 is 63.7 Å². The van der Waals surface area contributed by atoms with Gasteiger partial charge in [0.25, 0.3) is 0 Å². The molecule has 0 aromatic carbocycles. The number of rotatable bonds is 1. The molecule has 1 aliphatic heterocycles. The van der Waals surface area contributed by atoms with E-state index in [4.69, 9.17) is 0 Å². The maximum absolute atomic E-state index is 11.7. The topological polar surface area (TPSA) is 38.8 Å². The number of nitrogens with one attached hydrogen (secondary N) is 1. The van der Waals surface area contributed by atoms with E-state index in [9.17, 15) is 4.79 Å². The Kier molecular flexibility index (Phi) is 23.5. The van der Waals surface area contributed by atoms with Gasteiger partial charge in [0.2, 0.25) is 0 Å². The zero-order valence-electron chi connectivity index (χ0n) is 13.8. The Bertz CT molecular complexity index is 278. The Balaban J connectivity index is -0.000000405. The van der Waals surface area contributed by atoms with Gasteiger partial charge < -0.3 is 62.0 Å². The average molecular weight is 410 g/mol. The second-order valence-corrected chi connectivity index (χ2v) is 5.22. The van der Waals surface area contributed by atoms with Crippen molar-refractivity contribution in [1.82, 2.24) is 20.0 Å². The first-order chi connectivity index (χ1) is 8.50. The van der Waals surface area contributed by atoms with Gasteiger partial charge in [-0.15, -0.1) is 0 Å². The second-order valence-electron chi connectivity index (χ2n) is 5.22. The normalized spacial score (nSPS) is 19.2. The summed E-state index contributed by atoms with van der Waals surface area (Å²) >= 11 is 0. The summed E-state index contributed by atoms with van der Waals surface area (Å²) < 4.78 is 0. The second kappa shape index (κ2) is 16.8. The summed E-state index contributed by atoms with van der Waals surface area (Å²) in [7, 11) is 6.21. The van der Waals surface area contributed by atoms with Crippen molar-refractivity contribution in [2.45, 2.75) is 6.92 Å². The van der Waals surface area contributed by atoms with Gasteiger partial charge in [-0.25, -0.2) is 6.04 Å². The smallest absolute Gasteiger partial charge is 1.00 e. The summed E-state index contributed by atoms with van der Waals surface area (Å²) in [6.45, 7) is 8.29. The molecule has 22 heavy (non-hydrogen) atoms. The van der Waals surface area contributed by atoms with Crippen molar-refractivity contribution in [3.63, 3.8) is 0 Å². The van der Waals surface area contributed by atoms with E-state index in [-0.39, 0.29) is 64.7 Å². The fraction of sp³-hybridized carbons (Fsp3) is 0.846. The molecule has 1 heterocycles. The van der Waals surface area contributed by atoms with Crippen molar-refractivity contribution in [2.24, 2.45) is 0 Å². The van der Waals surface area contributed by atoms with Crippen LogP contribution in [0.3, 0.4) is 0 Å². The molecule has 0 radical (unpaired) electrons. The molecule has 1 N–H and O–H groups in total. The van der Waals surface area contributed by atoms with Crippen LogP contribution in [0, 0.1) is 6.04 Å². The maximum Gasteiger partial charge on any atom is 4.00 e. The van der Waals surface area contributed by atoms with Gasteiger partial charge in [-0.05, 0) is 34.6 Å². The summed E-state index contributed by atoms with van der Waals surface area (Å²) in [6.07, 6.45) is 0. The summed E-state index contributed by atoms with van der Waals surface area (Å²) in [6, 6.07) is 0.909. The molecule has 5 nitrogen and oxygen atoms in total. The number of hydrogen-bond donors (Lipinski definition) is 1. The number of carbonyl (C=O) groups excluding carboxylic acids is 1. The van der Waals surface area contributed by atoms with E-state index < -0.39 is 0 Å². The van der Waals surface area contributed by atoms with Crippen molar-refractivity contribution >= 4 is 5.78 Å². The van der Waals surface area contributed by atoms with Gasteiger partial charge in [0.1, 0.15) is 0 Å². The largest absolute Gasteiger partial charge is 4.00 e. The molecular formula is C13H27Cl3N4OTi. The van der Waals surface area contributed by atoms with Crippen LogP contribution in [0.15, 0.2) is 0 Å². The maximum atomic E-state index is 11.7. The fourth-order valence-corrected chi connectivity index (χ4v) is 2.07. The number of ketones is 1. The molecule has 0 aromatic heterocycles. The van der Waals surface area contributed by atoms with E-state index >= 15 is 0 Å². The Morgan fingerprint density at radius 2 is 1.41 bits per heavy atom. The van der Waals surface area contributed by atoms with E-state index in [0.29, 0.717) is 0 Å². The van der Waals surface area contributed by atoms with Crippen LogP contribution in [-0.4, -0.2) is 87.4 Å². The molecule has 1 fully saturated rings. The van der Waals surface area contributed by atoms with Gasteiger partial charge in [-0.1, -0.05) is 6.54 Å². The van der Waals surface area contributed by atoms with Crippen LogP contribution in [0.4, 0.5) is 0 Å². The molecule has 130 valence electrons. The number of carbonyl (C=O) groups is 1. The van der Waals surface area contributed by atoms with Gasteiger partial charge >= 0.3 is 21.7 Å². The molecule has 1 rings (SSSR count). The predicted octanol–water partition coefficient (Wildman–Crippen LogP) is -9.48. The molecule has 0 saturated carbocycles. The number of hydrogen-bond acceptors (Lipinski definition) is 5. The third-order valence-corrected chi connectivity index (χ3v) is 3.44. The Morgan fingerprint density at radius 1 is 0.909 bits per heavy atom. The van der Waals surface area contributed by atoms with Crippen LogP contribution in [0.25, 0.3) is 0 Å². The van der Waals surface area contributed by atoms with E-state index in [1.54, 1.807) is 6.92 Å². The van der Waals surface area contributed by atoms with Crippen molar-refractivity contribution in [2.75, 3.05) is 67.0 Å². The molecule has 0 atom stereocenters. The Labute approximate surface area is 169 Å². The molecule has 9 heteroatoms. The van der Waals surface area contributed by atoms with Crippen LogP contribution in [0.2, 0.25) is 0 Å². The summed E-state index contributed by atoms with van der Waals surface area (Å²) in [5.74, 6) is 0.178. The van der Waals surface area contributed by atoms with Crippen LogP contribution in [-0.2, 0) is 26.5 Å². The third kappa shape index (κ3) is 12.4. The Morgan fingerprint density at radius 3 is 1.91 bits per heavy atom. The zero-order chi connectivity index (χ0) is 13.5. The standard InChI is InChI=1S/C13H27N4O.3ClH.Ti/c1-12(18)13-11-16(3)8-6-14-5-7-15(2)9-10-17(13)4;;;;/h14H,5-11H2,1-4H3;3*1H;/q-1;;;;+4/p-3. The fourth-order valence-electron chi connectivity index (χ4n) is 2.07. The zero-order valence-corrected chi connectivity index (χ0v) is 17.7. The third-order valence-electron chi connectivity index (χ3n) is 3.44. The number of Topliss-reactive ketones (excluding diaryl/α,β-unsaturated/α-hetero) is 1. The van der Waals surface area contributed by atoms with Crippen LogP contribution in [0.5, 0.6) is 0 Å². The molecule has 0 unspecified atom stereocenters. The van der Waals surface area contributed by atoms with Gasteiger partial charge in [-0.2, -0.15) is 0 Å². The van der Waals surface area contributed by atoms with Gasteiger partial charge in [0.05, 0.1) is 0 Å². The number of likely N-dealkylation sites (N-methyl/N-ethyl adjacent to an activating group) is 3. The molecule has 1 aliphatic rings. The summed E-state index contributed by atoms with van der Waals surface area (Å²) in [5, 5.41) is 3.43. The van der Waals surface area contributed by atoms with E-state index in [1.807, 2.05) is 7.05 Å². The van der Waals surface area contributed by atoms with Gasteiger partial charge in [0.15, 0.2) is 0 Å². The molecule has 0 spiro atoms.